The highest BCUT2D eigenvalue weighted by atomic mass is 16.5. The Balaban J connectivity index is 0.000000233. The second kappa shape index (κ2) is 21.9. The van der Waals surface area contributed by atoms with Crippen LogP contribution in [0, 0.1) is 0 Å². The van der Waals surface area contributed by atoms with Crippen LogP contribution in [0.1, 0.15) is 81.5 Å². The number of para-hydroxylation sites is 4. The monoisotopic (exact) mass is 664 g/mol. The Kier molecular flexibility index (Phi) is 17.2. The van der Waals surface area contributed by atoms with Crippen LogP contribution < -0.4 is 20.8 Å². The number of unbranched alkanes of at least 4 members (excludes halogenated alkanes) is 3. The Morgan fingerprint density at radius 1 is 0.653 bits per heavy atom. The molecule has 2 heterocycles. The first kappa shape index (κ1) is 38.5. The van der Waals surface area contributed by atoms with E-state index in [2.05, 4.69) is 126 Å². The molecule has 0 saturated carbocycles. The van der Waals surface area contributed by atoms with Crippen LogP contribution in [0.4, 0.5) is 22.7 Å². The molecular weight excluding hydrogens is 612 g/mol. The fraction of sp³-hybridized carbons (Fsp3) is 0.317. The van der Waals surface area contributed by atoms with Gasteiger partial charge < -0.3 is 9.80 Å². The van der Waals surface area contributed by atoms with Crippen LogP contribution in [-0.2, 0) is 22.4 Å². The van der Waals surface area contributed by atoms with Crippen molar-refractivity contribution in [3.05, 3.63) is 119 Å². The van der Waals surface area contributed by atoms with Gasteiger partial charge in [0.15, 0.2) is 0 Å². The molecule has 2 aliphatic rings. The molecule has 49 heavy (non-hydrogen) atoms. The molecule has 0 fully saturated rings. The number of hydrogen-bond donors (Lipinski definition) is 4. The number of amides is 2. The van der Waals surface area contributed by atoms with E-state index in [0.29, 0.717) is 6.42 Å². The predicted molar refractivity (Wildman–Crippen MR) is 202 cm³/mol. The molecule has 2 aliphatic heterocycles. The van der Waals surface area contributed by atoms with E-state index < -0.39 is 0 Å². The number of hydroxylamine groups is 2. The molecule has 0 radical (unpaired) electrons. The maximum Gasteiger partial charge on any atom is 0.243 e. The van der Waals surface area contributed by atoms with E-state index in [1.165, 1.54) is 63.3 Å². The molecule has 8 heteroatoms. The quantitative estimate of drug-likeness (QED) is 0.0583. The number of benzene rings is 4. The minimum Gasteiger partial charge on any atom is -0.341 e. The molecule has 0 spiro atoms. The maximum absolute atomic E-state index is 11.1. The van der Waals surface area contributed by atoms with Crippen molar-refractivity contribution in [1.29, 1.82) is 0 Å². The molecule has 0 saturated heterocycles. The highest BCUT2D eigenvalue weighted by Crippen LogP contribution is 2.37. The Hall–Kier alpha value is -4.92. The van der Waals surface area contributed by atoms with E-state index in [-0.39, 0.29) is 12.3 Å². The number of hydrogen-bond acceptors (Lipinski definition) is 6. The maximum atomic E-state index is 11.1. The fourth-order valence-electron chi connectivity index (χ4n) is 6.01. The second-order valence-electron chi connectivity index (χ2n) is 11.5. The number of nitrogens with one attached hydrogen (secondary N) is 2. The largest absolute Gasteiger partial charge is 0.341 e. The molecule has 0 atom stereocenters. The summed E-state index contributed by atoms with van der Waals surface area (Å²) >= 11 is 0. The minimum atomic E-state index is -0.305. The van der Waals surface area contributed by atoms with Gasteiger partial charge in [0.25, 0.3) is 0 Å². The summed E-state index contributed by atoms with van der Waals surface area (Å²) in [7, 11) is 0. The summed E-state index contributed by atoms with van der Waals surface area (Å²) in [4.78, 5) is 24.8. The Morgan fingerprint density at radius 2 is 1.08 bits per heavy atom. The molecule has 2 amide bonds. The van der Waals surface area contributed by atoms with Crippen molar-refractivity contribution in [2.75, 3.05) is 22.9 Å². The predicted octanol–water partition coefficient (Wildman–Crippen LogP) is 9.25. The summed E-state index contributed by atoms with van der Waals surface area (Å²) in [6.07, 6.45) is 12.3. The number of rotatable bonds is 10. The van der Waals surface area contributed by atoms with Gasteiger partial charge in [0.1, 0.15) is 0 Å². The van der Waals surface area contributed by atoms with Gasteiger partial charge in [-0.1, -0.05) is 119 Å². The first-order valence-electron chi connectivity index (χ1n) is 17.4. The third-order valence-electron chi connectivity index (χ3n) is 8.32. The number of anilines is 4. The summed E-state index contributed by atoms with van der Waals surface area (Å²) in [6, 6.07) is 34.6. The summed E-state index contributed by atoms with van der Waals surface area (Å²) < 4.78 is 0. The van der Waals surface area contributed by atoms with E-state index in [1.54, 1.807) is 5.48 Å². The third kappa shape index (κ3) is 11.3. The van der Waals surface area contributed by atoms with Gasteiger partial charge in [0, 0.05) is 42.3 Å². The number of fused-ring (bicyclic) bond motifs is 4. The van der Waals surface area contributed by atoms with E-state index in [9.17, 15) is 4.79 Å². The summed E-state index contributed by atoms with van der Waals surface area (Å²) in [6.45, 7) is 8.26. The lowest BCUT2D eigenvalue weighted by Gasteiger charge is -2.27. The van der Waals surface area contributed by atoms with E-state index in [1.807, 2.05) is 13.8 Å². The normalized spacial score (nSPS) is 11.9. The van der Waals surface area contributed by atoms with Gasteiger partial charge in [-0.15, -0.1) is 0 Å². The van der Waals surface area contributed by atoms with Crippen molar-refractivity contribution < 1.29 is 20.0 Å². The number of carbonyl (C=O) groups is 2. The first-order valence-corrected chi connectivity index (χ1v) is 17.4. The Bertz CT molecular complexity index is 1510. The molecule has 0 bridgehead atoms. The lowest BCUT2D eigenvalue weighted by molar-refractivity contribution is -0.129. The van der Waals surface area contributed by atoms with Crippen LogP contribution in [0.3, 0.4) is 0 Å². The van der Waals surface area contributed by atoms with Gasteiger partial charge in [-0.2, -0.15) is 0 Å². The zero-order valence-corrected chi connectivity index (χ0v) is 29.1. The molecule has 0 aliphatic carbocycles. The van der Waals surface area contributed by atoms with Gasteiger partial charge in [-0.25, -0.2) is 11.0 Å². The molecular formula is C41H52N4O4. The van der Waals surface area contributed by atoms with Crippen LogP contribution in [0.5, 0.6) is 0 Å². The van der Waals surface area contributed by atoms with E-state index in [4.69, 9.17) is 15.2 Å². The van der Waals surface area contributed by atoms with Gasteiger partial charge in [0.05, 0.1) is 0 Å². The number of aryl methyl sites for hydroxylation is 2. The Labute approximate surface area is 292 Å². The zero-order valence-electron chi connectivity index (χ0n) is 29.1. The molecule has 0 aromatic heterocycles. The lowest BCUT2D eigenvalue weighted by atomic mass is 10.0. The average molecular weight is 665 g/mol. The average Bonchev–Trinajstić information content (AvgIpc) is 3.43. The molecule has 8 nitrogen and oxygen atoms in total. The zero-order chi connectivity index (χ0) is 35.3. The SMILES string of the molecule is CC.CCCCN1c2ccccc2C=Cc2ccccc21.O=C(CCCCCN1c2ccccc2CCc2ccccc21)NO.O=CNO. The number of nitrogens with zero attached hydrogens (tertiary/aromatic N) is 2. The van der Waals surface area contributed by atoms with Crippen LogP contribution in [0.15, 0.2) is 97.1 Å². The van der Waals surface area contributed by atoms with Crippen molar-refractivity contribution in [3.63, 3.8) is 0 Å². The molecule has 4 aromatic carbocycles. The van der Waals surface area contributed by atoms with Gasteiger partial charge in [0.2, 0.25) is 12.3 Å². The van der Waals surface area contributed by atoms with Crippen molar-refractivity contribution in [3.8, 4) is 0 Å². The fourth-order valence-corrected chi connectivity index (χ4v) is 6.01. The minimum absolute atomic E-state index is 0.181. The first-order chi connectivity index (χ1) is 24.1. The molecule has 4 N–H and O–H groups in total. The lowest BCUT2D eigenvalue weighted by Crippen LogP contribution is -2.20. The van der Waals surface area contributed by atoms with Gasteiger partial charge >= 0.3 is 0 Å². The Morgan fingerprint density at radius 3 is 1.55 bits per heavy atom. The van der Waals surface area contributed by atoms with E-state index in [0.717, 1.165) is 45.2 Å². The number of carbonyl (C=O) groups excluding carboxylic acids is 2. The highest BCUT2D eigenvalue weighted by Gasteiger charge is 2.20. The molecule has 260 valence electrons. The van der Waals surface area contributed by atoms with Crippen LogP contribution in [-0.4, -0.2) is 35.8 Å². The smallest absolute Gasteiger partial charge is 0.243 e. The molecule has 0 unspecified atom stereocenters. The molecule has 4 aromatic rings. The van der Waals surface area contributed by atoms with Crippen molar-refractivity contribution in [2.24, 2.45) is 0 Å². The van der Waals surface area contributed by atoms with E-state index >= 15 is 0 Å². The van der Waals surface area contributed by atoms with Crippen LogP contribution >= 0.6 is 0 Å². The molecule has 6 rings (SSSR count). The third-order valence-corrected chi connectivity index (χ3v) is 8.32. The summed E-state index contributed by atoms with van der Waals surface area (Å²) in [5.41, 5.74) is 13.6. The van der Waals surface area contributed by atoms with Crippen molar-refractivity contribution in [1.82, 2.24) is 11.0 Å². The summed E-state index contributed by atoms with van der Waals surface area (Å²) in [5, 5.41) is 15.8. The second-order valence-corrected chi connectivity index (χ2v) is 11.5. The van der Waals surface area contributed by atoms with Gasteiger partial charge in [-0.05, 0) is 78.6 Å². The van der Waals surface area contributed by atoms with Gasteiger partial charge in [-0.3, -0.25) is 20.0 Å². The topological polar surface area (TPSA) is 105 Å². The summed E-state index contributed by atoms with van der Waals surface area (Å²) in [5.74, 6) is -0.305. The van der Waals surface area contributed by atoms with Crippen molar-refractivity contribution >= 4 is 47.2 Å². The standard InChI is InChI=1S/C20H24N2O2.C18H19N.C2H6.CH3NO2/c23-20(21-24)12-2-1-7-15-22-18-10-5-3-8-16(18)13-14-17-9-4-6-11-19(17)22;1-2-3-14-19-17-10-6-4-8-15(17)12-13-16-9-5-7-11-18(16)19;1-2;3-1-2-4/h3-6,8-11,24H,1-2,7,12-15H2,(H,21,23);4-13H,2-3,14H2,1H3;1-2H3;1,4H,(H,2,3). The van der Waals surface area contributed by atoms with Crippen LogP contribution in [0.25, 0.3) is 12.2 Å². The highest BCUT2D eigenvalue weighted by molar-refractivity contribution is 5.88. The van der Waals surface area contributed by atoms with Crippen LogP contribution in [0.2, 0.25) is 0 Å². The van der Waals surface area contributed by atoms with Crippen molar-refractivity contribution in [2.45, 2.75) is 72.1 Å².